The molecule has 1 saturated carbocycles. The Balaban J connectivity index is 1.84. The van der Waals surface area contributed by atoms with Crippen LogP contribution in [0.5, 0.6) is 0 Å². The molecule has 1 aromatic rings. The first-order chi connectivity index (χ1) is 16.3. The molecule has 1 aliphatic heterocycles. The van der Waals surface area contributed by atoms with Crippen LogP contribution in [0.25, 0.3) is 0 Å². The maximum absolute atomic E-state index is 13.8. The summed E-state index contributed by atoms with van der Waals surface area (Å²) in [4.78, 5) is 63.7. The van der Waals surface area contributed by atoms with Crippen LogP contribution < -0.4 is 16.4 Å². The van der Waals surface area contributed by atoms with Gasteiger partial charge >= 0.3 is 5.97 Å². The number of fused-ring (bicyclic) bond motifs is 2. The fourth-order valence-electron chi connectivity index (χ4n) is 4.91. The quantitative estimate of drug-likeness (QED) is 0.308. The zero-order valence-electron chi connectivity index (χ0n) is 19.9. The number of anilines is 1. The number of hydrogen-bond donors (Lipinski definition) is 4. The van der Waals surface area contributed by atoms with E-state index in [2.05, 4.69) is 10.6 Å². The molecule has 2 aliphatic rings. The number of carbonyl (C=O) groups excluding carboxylic acids is 4. The minimum atomic E-state index is -1.22. The highest BCUT2D eigenvalue weighted by Crippen LogP contribution is 2.43. The summed E-state index contributed by atoms with van der Waals surface area (Å²) in [7, 11) is 0. The molecule has 2 fully saturated rings. The number of carboxylic acids is 1. The van der Waals surface area contributed by atoms with Gasteiger partial charge in [-0.25, -0.2) is 0 Å². The molecule has 10 nitrogen and oxygen atoms in total. The zero-order valence-corrected chi connectivity index (χ0v) is 20.7. The van der Waals surface area contributed by atoms with Crippen molar-refractivity contribution in [2.24, 2.45) is 11.3 Å². The van der Waals surface area contributed by atoms with E-state index in [1.807, 2.05) is 20.8 Å². The van der Waals surface area contributed by atoms with E-state index in [9.17, 15) is 24.0 Å². The molecule has 1 heterocycles. The normalized spacial score (nSPS) is 22.9. The average Bonchev–Trinajstić information content (AvgIpc) is 3.38. The summed E-state index contributed by atoms with van der Waals surface area (Å²) in [6.07, 6.45) is 1.93. The maximum Gasteiger partial charge on any atom is 0.305 e. The monoisotopic (exact) mass is 506 g/mol. The van der Waals surface area contributed by atoms with Gasteiger partial charge in [0.05, 0.1) is 23.2 Å². The van der Waals surface area contributed by atoms with Crippen LogP contribution in [0.1, 0.15) is 56.8 Å². The standard InChI is InChI=1S/C24H31ClN4O6/c1-24(2,3)20(28-21(33)13-5-7-17(26)16(25)9-13)23(35)29-15-6-4-12(8-15)19(29)22(34)27-14(11-30)10-18(31)32/h5,7,9,11-12,14-15,19-20H,4,6,8,10,26H2,1-3H3,(H,27,34)(H,28,33)(H,31,32)/t12-,14-,15-,19-,20+/m0/s1. The molecule has 1 aromatic carbocycles. The lowest BCUT2D eigenvalue weighted by atomic mass is 9.84. The van der Waals surface area contributed by atoms with Gasteiger partial charge in [-0.1, -0.05) is 32.4 Å². The van der Waals surface area contributed by atoms with Gasteiger partial charge in [0, 0.05) is 11.6 Å². The smallest absolute Gasteiger partial charge is 0.305 e. The molecule has 1 aliphatic carbocycles. The van der Waals surface area contributed by atoms with Gasteiger partial charge in [0.2, 0.25) is 11.8 Å². The minimum absolute atomic E-state index is 0.103. The van der Waals surface area contributed by atoms with Crippen molar-refractivity contribution in [3.05, 3.63) is 28.8 Å². The minimum Gasteiger partial charge on any atom is -0.481 e. The van der Waals surface area contributed by atoms with E-state index in [0.717, 1.165) is 12.8 Å². The second-order valence-corrected chi connectivity index (χ2v) is 10.7. The highest BCUT2D eigenvalue weighted by atomic mass is 35.5. The molecule has 0 radical (unpaired) electrons. The van der Waals surface area contributed by atoms with E-state index in [1.54, 1.807) is 0 Å². The number of benzene rings is 1. The van der Waals surface area contributed by atoms with Crippen LogP contribution in [-0.2, 0) is 19.2 Å². The molecule has 11 heteroatoms. The lowest BCUT2D eigenvalue weighted by molar-refractivity contribution is -0.147. The summed E-state index contributed by atoms with van der Waals surface area (Å²) in [5.41, 5.74) is 5.60. The third-order valence-electron chi connectivity index (χ3n) is 6.65. The third-order valence-corrected chi connectivity index (χ3v) is 6.97. The van der Waals surface area contributed by atoms with E-state index in [1.165, 1.54) is 23.1 Å². The maximum atomic E-state index is 13.8. The lowest BCUT2D eigenvalue weighted by Crippen LogP contribution is -2.61. The second-order valence-electron chi connectivity index (χ2n) is 10.3. The summed E-state index contributed by atoms with van der Waals surface area (Å²) in [6.45, 7) is 5.43. The summed E-state index contributed by atoms with van der Waals surface area (Å²) >= 11 is 6.05. The fraction of sp³-hybridized carbons (Fsp3) is 0.542. The highest BCUT2D eigenvalue weighted by molar-refractivity contribution is 6.33. The predicted molar refractivity (Wildman–Crippen MR) is 129 cm³/mol. The number of nitrogens with one attached hydrogen (secondary N) is 2. The molecule has 0 unspecified atom stereocenters. The van der Waals surface area contributed by atoms with E-state index >= 15 is 0 Å². The van der Waals surface area contributed by atoms with Gasteiger partial charge in [-0.3, -0.25) is 19.2 Å². The Bertz CT molecular complexity index is 1040. The van der Waals surface area contributed by atoms with Crippen molar-refractivity contribution in [2.45, 2.75) is 70.6 Å². The number of likely N-dealkylation sites (tertiary alicyclic amines) is 1. The SMILES string of the molecule is CC(C)(C)[C@H](NC(=O)c1ccc(N)c(Cl)c1)C(=O)N1[C@H]2CC[C@@H](C2)[C@H]1C(=O)N[C@H](C=O)CC(=O)O. The molecule has 3 amide bonds. The molecule has 5 atom stereocenters. The number of nitrogen functional groups attached to an aromatic ring is 1. The van der Waals surface area contributed by atoms with Crippen molar-refractivity contribution in [3.8, 4) is 0 Å². The Hall–Kier alpha value is -3.14. The average molecular weight is 507 g/mol. The van der Waals surface area contributed by atoms with Gasteiger partial charge in [0.1, 0.15) is 18.4 Å². The first-order valence-electron chi connectivity index (χ1n) is 11.5. The third kappa shape index (κ3) is 5.75. The van der Waals surface area contributed by atoms with Crippen molar-refractivity contribution in [1.29, 1.82) is 0 Å². The predicted octanol–water partition coefficient (Wildman–Crippen LogP) is 1.60. The number of carbonyl (C=O) groups is 5. The van der Waals surface area contributed by atoms with E-state index in [-0.39, 0.29) is 22.5 Å². The topological polar surface area (TPSA) is 159 Å². The molecular weight excluding hydrogens is 476 g/mol. The molecule has 190 valence electrons. The molecule has 0 spiro atoms. The van der Waals surface area contributed by atoms with Gasteiger partial charge in [-0.05, 0) is 48.8 Å². The summed E-state index contributed by atoms with van der Waals surface area (Å²) < 4.78 is 0. The Labute approximate surface area is 208 Å². The number of carboxylic acid groups (broad SMARTS) is 1. The Morgan fingerprint density at radius 1 is 1.23 bits per heavy atom. The van der Waals surface area contributed by atoms with Crippen molar-refractivity contribution in [3.63, 3.8) is 0 Å². The van der Waals surface area contributed by atoms with Crippen LogP contribution in [0.15, 0.2) is 18.2 Å². The van der Waals surface area contributed by atoms with E-state index in [0.29, 0.717) is 18.4 Å². The van der Waals surface area contributed by atoms with E-state index in [4.69, 9.17) is 22.4 Å². The molecule has 5 N–H and O–H groups in total. The van der Waals surface area contributed by atoms with Crippen molar-refractivity contribution in [1.82, 2.24) is 15.5 Å². The van der Waals surface area contributed by atoms with Crippen LogP contribution in [0.4, 0.5) is 5.69 Å². The van der Waals surface area contributed by atoms with Crippen LogP contribution in [0.3, 0.4) is 0 Å². The number of amides is 3. The molecule has 1 saturated heterocycles. The second kappa shape index (κ2) is 10.2. The number of nitrogens with two attached hydrogens (primary N) is 1. The fourth-order valence-corrected chi connectivity index (χ4v) is 5.09. The Kier molecular flexibility index (Phi) is 7.74. The van der Waals surface area contributed by atoms with Gasteiger partial charge in [-0.15, -0.1) is 0 Å². The lowest BCUT2D eigenvalue weighted by Gasteiger charge is -2.40. The number of piperidine rings is 1. The van der Waals surface area contributed by atoms with E-state index < -0.39 is 53.7 Å². The van der Waals surface area contributed by atoms with Gasteiger partial charge in [0.15, 0.2) is 0 Å². The van der Waals surface area contributed by atoms with Gasteiger partial charge < -0.3 is 31.2 Å². The zero-order chi connectivity index (χ0) is 26.1. The van der Waals surface area contributed by atoms with Gasteiger partial charge in [0.25, 0.3) is 5.91 Å². The first-order valence-corrected chi connectivity index (χ1v) is 11.9. The first kappa shape index (κ1) is 26.5. The van der Waals surface area contributed by atoms with Crippen LogP contribution in [0.2, 0.25) is 5.02 Å². The molecule has 0 aromatic heterocycles. The van der Waals surface area contributed by atoms with Gasteiger partial charge in [-0.2, -0.15) is 0 Å². The van der Waals surface area contributed by atoms with Crippen molar-refractivity contribution < 1.29 is 29.1 Å². The number of halogens is 1. The number of aldehydes is 1. The van der Waals surface area contributed by atoms with Crippen LogP contribution in [-0.4, -0.2) is 64.2 Å². The largest absolute Gasteiger partial charge is 0.481 e. The summed E-state index contributed by atoms with van der Waals surface area (Å²) in [5.74, 6) is -2.79. The Morgan fingerprint density at radius 2 is 1.91 bits per heavy atom. The van der Waals surface area contributed by atoms with Crippen molar-refractivity contribution >= 4 is 47.3 Å². The Morgan fingerprint density at radius 3 is 2.49 bits per heavy atom. The number of hydrogen-bond acceptors (Lipinski definition) is 6. The molecule has 3 rings (SSSR count). The highest BCUT2D eigenvalue weighted by Gasteiger charge is 2.53. The summed E-state index contributed by atoms with van der Waals surface area (Å²) in [5, 5.41) is 14.5. The van der Waals surface area contributed by atoms with Crippen LogP contribution in [0, 0.1) is 11.3 Å². The molecule has 35 heavy (non-hydrogen) atoms. The van der Waals surface area contributed by atoms with Crippen LogP contribution >= 0.6 is 11.6 Å². The molecule has 2 bridgehead atoms. The number of rotatable bonds is 8. The number of aliphatic carboxylic acids is 1. The molecular formula is C24H31ClN4O6. The summed E-state index contributed by atoms with van der Waals surface area (Å²) in [6, 6.07) is 1.27. The van der Waals surface area contributed by atoms with Crippen molar-refractivity contribution in [2.75, 3.05) is 5.73 Å². The number of nitrogens with zero attached hydrogens (tertiary/aromatic N) is 1.